The first-order valence-electron chi connectivity index (χ1n) is 6.94. The third-order valence-corrected chi connectivity index (χ3v) is 2.71. The van der Waals surface area contributed by atoms with E-state index in [1.807, 2.05) is 24.3 Å². The van der Waals surface area contributed by atoms with Gasteiger partial charge in [-0.2, -0.15) is 0 Å². The Morgan fingerprint density at radius 1 is 1.27 bits per heavy atom. The molecule has 22 heavy (non-hydrogen) atoms. The molecule has 1 N–H and O–H groups in total. The number of rotatable bonds is 9. The maximum absolute atomic E-state index is 12.0. The minimum Gasteiger partial charge on any atom is -0.490 e. The van der Waals surface area contributed by atoms with Gasteiger partial charge in [0.1, 0.15) is 25.0 Å². The molecule has 0 aliphatic rings. The van der Waals surface area contributed by atoms with E-state index < -0.39 is 12.0 Å². The van der Waals surface area contributed by atoms with Gasteiger partial charge in [0.25, 0.3) is 0 Å². The molecule has 0 bridgehead atoms. The molecule has 1 amide bonds. The molecule has 1 unspecified atom stereocenters. The summed E-state index contributed by atoms with van der Waals surface area (Å²) in [4.78, 5) is 23.2. The molecule has 1 aromatic carbocycles. The SMILES string of the molecule is C=CCOC(=O)C(Cc1cccc(OCC=C)c1)NC(C)=O. The fourth-order valence-corrected chi connectivity index (χ4v) is 1.83. The third-order valence-electron chi connectivity index (χ3n) is 2.71. The van der Waals surface area contributed by atoms with Crippen LogP contribution in [-0.4, -0.2) is 31.1 Å². The fourth-order valence-electron chi connectivity index (χ4n) is 1.83. The summed E-state index contributed by atoms with van der Waals surface area (Å²) in [5, 5.41) is 2.59. The van der Waals surface area contributed by atoms with Crippen molar-refractivity contribution < 1.29 is 19.1 Å². The number of carbonyl (C=O) groups excluding carboxylic acids is 2. The Bertz CT molecular complexity index is 539. The van der Waals surface area contributed by atoms with Crippen molar-refractivity contribution in [2.75, 3.05) is 13.2 Å². The van der Waals surface area contributed by atoms with E-state index in [4.69, 9.17) is 9.47 Å². The summed E-state index contributed by atoms with van der Waals surface area (Å²) >= 11 is 0. The summed E-state index contributed by atoms with van der Waals surface area (Å²) in [6.07, 6.45) is 3.45. The molecular weight excluding hydrogens is 282 g/mol. The van der Waals surface area contributed by atoms with Gasteiger partial charge in [-0.3, -0.25) is 4.79 Å². The summed E-state index contributed by atoms with van der Waals surface area (Å²) in [5.74, 6) is -0.106. The second-order valence-corrected chi connectivity index (χ2v) is 4.62. The highest BCUT2D eigenvalue weighted by atomic mass is 16.5. The number of nitrogens with one attached hydrogen (secondary N) is 1. The van der Waals surface area contributed by atoms with Crippen LogP contribution in [0.5, 0.6) is 5.75 Å². The quantitative estimate of drug-likeness (QED) is 0.560. The molecule has 0 saturated heterocycles. The molecule has 0 aliphatic carbocycles. The summed E-state index contributed by atoms with van der Waals surface area (Å²) in [7, 11) is 0. The minimum absolute atomic E-state index is 0.109. The Labute approximate surface area is 130 Å². The van der Waals surface area contributed by atoms with Gasteiger partial charge in [-0.1, -0.05) is 37.4 Å². The molecule has 0 heterocycles. The highest BCUT2D eigenvalue weighted by Gasteiger charge is 2.21. The first-order chi connectivity index (χ1) is 10.6. The van der Waals surface area contributed by atoms with E-state index in [2.05, 4.69) is 18.5 Å². The van der Waals surface area contributed by atoms with Crippen LogP contribution in [0, 0.1) is 0 Å². The van der Waals surface area contributed by atoms with Crippen molar-refractivity contribution in [2.45, 2.75) is 19.4 Å². The molecule has 1 atom stereocenters. The topological polar surface area (TPSA) is 64.6 Å². The van der Waals surface area contributed by atoms with E-state index in [1.54, 1.807) is 6.08 Å². The average Bonchev–Trinajstić information content (AvgIpc) is 2.50. The van der Waals surface area contributed by atoms with E-state index in [9.17, 15) is 9.59 Å². The van der Waals surface area contributed by atoms with Gasteiger partial charge in [-0.05, 0) is 17.7 Å². The van der Waals surface area contributed by atoms with Gasteiger partial charge in [0.05, 0.1) is 0 Å². The van der Waals surface area contributed by atoms with E-state index in [0.717, 1.165) is 5.56 Å². The van der Waals surface area contributed by atoms with Crippen LogP contribution >= 0.6 is 0 Å². The molecule has 0 aliphatic heterocycles. The lowest BCUT2D eigenvalue weighted by Gasteiger charge is -2.17. The smallest absolute Gasteiger partial charge is 0.329 e. The maximum atomic E-state index is 12.0. The van der Waals surface area contributed by atoms with Crippen molar-refractivity contribution in [3.8, 4) is 5.75 Å². The van der Waals surface area contributed by atoms with Gasteiger partial charge in [0.15, 0.2) is 0 Å². The Morgan fingerprint density at radius 2 is 2.00 bits per heavy atom. The number of benzene rings is 1. The van der Waals surface area contributed by atoms with Crippen molar-refractivity contribution in [2.24, 2.45) is 0 Å². The van der Waals surface area contributed by atoms with E-state index in [1.165, 1.54) is 13.0 Å². The van der Waals surface area contributed by atoms with Crippen molar-refractivity contribution in [3.05, 3.63) is 55.1 Å². The first-order valence-corrected chi connectivity index (χ1v) is 6.94. The Morgan fingerprint density at radius 3 is 2.64 bits per heavy atom. The van der Waals surface area contributed by atoms with Crippen LogP contribution in [0.4, 0.5) is 0 Å². The second kappa shape index (κ2) is 9.39. The average molecular weight is 303 g/mol. The van der Waals surface area contributed by atoms with Crippen molar-refractivity contribution >= 4 is 11.9 Å². The molecule has 0 aromatic heterocycles. The van der Waals surface area contributed by atoms with Crippen LogP contribution in [0.1, 0.15) is 12.5 Å². The van der Waals surface area contributed by atoms with E-state index in [0.29, 0.717) is 18.8 Å². The molecule has 0 saturated carbocycles. The summed E-state index contributed by atoms with van der Waals surface area (Å²) in [5.41, 5.74) is 0.857. The zero-order valence-electron chi connectivity index (χ0n) is 12.7. The molecule has 1 rings (SSSR count). The van der Waals surface area contributed by atoms with Crippen molar-refractivity contribution in [1.82, 2.24) is 5.32 Å². The van der Waals surface area contributed by atoms with Crippen LogP contribution in [0.3, 0.4) is 0 Å². The van der Waals surface area contributed by atoms with Gasteiger partial charge in [-0.15, -0.1) is 0 Å². The number of esters is 1. The first kappa shape index (κ1) is 17.5. The molecule has 5 nitrogen and oxygen atoms in total. The van der Waals surface area contributed by atoms with E-state index >= 15 is 0 Å². The third kappa shape index (κ3) is 6.26. The highest BCUT2D eigenvalue weighted by Crippen LogP contribution is 2.15. The lowest BCUT2D eigenvalue weighted by atomic mass is 10.1. The van der Waals surface area contributed by atoms with Crippen molar-refractivity contribution in [1.29, 1.82) is 0 Å². The monoisotopic (exact) mass is 303 g/mol. The highest BCUT2D eigenvalue weighted by molar-refractivity contribution is 5.83. The number of amides is 1. The molecule has 5 heteroatoms. The van der Waals surface area contributed by atoms with Crippen molar-refractivity contribution in [3.63, 3.8) is 0 Å². The Hall–Kier alpha value is -2.56. The zero-order chi connectivity index (χ0) is 16.4. The van der Waals surface area contributed by atoms with Crippen LogP contribution in [0.2, 0.25) is 0 Å². The Balaban J connectivity index is 2.79. The zero-order valence-corrected chi connectivity index (χ0v) is 12.7. The summed E-state index contributed by atoms with van der Waals surface area (Å²) < 4.78 is 10.5. The molecule has 0 radical (unpaired) electrons. The molecule has 1 aromatic rings. The molecule has 0 fully saturated rings. The number of hydrogen-bond acceptors (Lipinski definition) is 4. The van der Waals surface area contributed by atoms with Crippen LogP contribution in [0.15, 0.2) is 49.6 Å². The number of carbonyl (C=O) groups is 2. The largest absolute Gasteiger partial charge is 0.490 e. The van der Waals surface area contributed by atoms with Gasteiger partial charge in [-0.25, -0.2) is 4.79 Å². The van der Waals surface area contributed by atoms with Gasteiger partial charge < -0.3 is 14.8 Å². The summed E-state index contributed by atoms with van der Waals surface area (Å²) in [6, 6.07) is 6.58. The normalized spacial score (nSPS) is 11.1. The van der Waals surface area contributed by atoms with Crippen LogP contribution in [0.25, 0.3) is 0 Å². The van der Waals surface area contributed by atoms with Crippen LogP contribution in [-0.2, 0) is 20.7 Å². The van der Waals surface area contributed by atoms with Gasteiger partial charge in [0, 0.05) is 13.3 Å². The Kier molecular flexibility index (Phi) is 7.47. The van der Waals surface area contributed by atoms with Crippen LogP contribution < -0.4 is 10.1 Å². The lowest BCUT2D eigenvalue weighted by molar-refractivity contribution is -0.146. The summed E-state index contributed by atoms with van der Waals surface area (Å²) in [6.45, 7) is 8.95. The molecule has 118 valence electrons. The number of ether oxygens (including phenoxy) is 2. The molecular formula is C17H21NO4. The fraction of sp³-hybridized carbons (Fsp3) is 0.294. The predicted octanol–water partition coefficient (Wildman–Crippen LogP) is 2.03. The lowest BCUT2D eigenvalue weighted by Crippen LogP contribution is -2.42. The number of hydrogen-bond donors (Lipinski definition) is 1. The maximum Gasteiger partial charge on any atom is 0.329 e. The van der Waals surface area contributed by atoms with E-state index in [-0.39, 0.29) is 12.5 Å². The second-order valence-electron chi connectivity index (χ2n) is 4.62. The van der Waals surface area contributed by atoms with Gasteiger partial charge >= 0.3 is 5.97 Å². The predicted molar refractivity (Wildman–Crippen MR) is 84.6 cm³/mol. The standard InChI is InChI=1S/C17H21NO4/c1-4-9-21-15-8-6-7-14(11-15)12-16(18-13(3)19)17(20)22-10-5-2/h4-8,11,16H,1-2,9-10,12H2,3H3,(H,18,19). The minimum atomic E-state index is -0.743. The molecule has 0 spiro atoms. The van der Waals surface area contributed by atoms with Gasteiger partial charge in [0.2, 0.25) is 5.91 Å².